The molecule has 1 rings (SSSR count). The van der Waals surface area contributed by atoms with Crippen molar-refractivity contribution < 1.29 is 18.0 Å². The van der Waals surface area contributed by atoms with Crippen LogP contribution < -0.4 is 5.48 Å². The zero-order valence-electron chi connectivity index (χ0n) is 8.57. The lowest BCUT2D eigenvalue weighted by Crippen LogP contribution is -2.24. The normalized spacial score (nSPS) is 11.8. The summed E-state index contributed by atoms with van der Waals surface area (Å²) in [5.74, 6) is 0. The summed E-state index contributed by atoms with van der Waals surface area (Å²) in [6.07, 6.45) is -4.31. The molecule has 0 bridgehead atoms. The molecule has 1 aromatic carbocycles. The standard InChI is InChI=1S/C10H11BrF3NO/c1-7-2-3-8(9(11)4-7)5-15-16-6-10(12,13)14/h2-4,15H,5-6H2,1H3. The Balaban J connectivity index is 2.38. The molecule has 0 aliphatic rings. The second-order valence-electron chi connectivity index (χ2n) is 3.32. The Hall–Kier alpha value is -0.590. The van der Waals surface area contributed by atoms with Gasteiger partial charge in [-0.2, -0.15) is 18.7 Å². The largest absolute Gasteiger partial charge is 0.413 e. The van der Waals surface area contributed by atoms with E-state index in [0.717, 1.165) is 15.6 Å². The molecule has 0 spiro atoms. The molecule has 0 saturated heterocycles. The summed E-state index contributed by atoms with van der Waals surface area (Å²) in [7, 11) is 0. The van der Waals surface area contributed by atoms with E-state index in [-0.39, 0.29) is 6.54 Å². The fourth-order valence-electron chi connectivity index (χ4n) is 1.06. The number of hydrogen-bond acceptors (Lipinski definition) is 2. The second kappa shape index (κ2) is 5.65. The minimum Gasteiger partial charge on any atom is -0.292 e. The predicted molar refractivity (Wildman–Crippen MR) is 57.7 cm³/mol. The molecule has 90 valence electrons. The summed E-state index contributed by atoms with van der Waals surface area (Å²) in [4.78, 5) is 4.29. The van der Waals surface area contributed by atoms with Gasteiger partial charge in [0.1, 0.15) is 0 Å². The van der Waals surface area contributed by atoms with Gasteiger partial charge in [-0.3, -0.25) is 4.84 Å². The monoisotopic (exact) mass is 297 g/mol. The quantitative estimate of drug-likeness (QED) is 0.680. The highest BCUT2D eigenvalue weighted by atomic mass is 79.9. The van der Waals surface area contributed by atoms with Gasteiger partial charge in [-0.25, -0.2) is 0 Å². The van der Waals surface area contributed by atoms with Gasteiger partial charge in [0.05, 0.1) is 0 Å². The van der Waals surface area contributed by atoms with Gasteiger partial charge in [-0.15, -0.1) is 0 Å². The minimum absolute atomic E-state index is 0.219. The molecule has 0 unspecified atom stereocenters. The minimum atomic E-state index is -4.31. The van der Waals surface area contributed by atoms with Crippen LogP contribution in [0, 0.1) is 6.92 Å². The van der Waals surface area contributed by atoms with Crippen LogP contribution in [0.15, 0.2) is 22.7 Å². The topological polar surface area (TPSA) is 21.3 Å². The number of hydrogen-bond donors (Lipinski definition) is 1. The number of benzene rings is 1. The molecular weight excluding hydrogens is 287 g/mol. The number of aryl methyl sites for hydroxylation is 1. The Bertz CT molecular complexity index is 354. The number of hydroxylamine groups is 1. The molecule has 6 heteroatoms. The van der Waals surface area contributed by atoms with E-state index in [1.54, 1.807) is 0 Å². The smallest absolute Gasteiger partial charge is 0.292 e. The Kier molecular flexibility index (Phi) is 4.76. The van der Waals surface area contributed by atoms with E-state index in [1.165, 1.54) is 0 Å². The van der Waals surface area contributed by atoms with E-state index >= 15 is 0 Å². The average molecular weight is 298 g/mol. The zero-order valence-corrected chi connectivity index (χ0v) is 10.2. The lowest BCUT2D eigenvalue weighted by atomic mass is 10.1. The first-order chi connectivity index (χ1) is 7.38. The molecule has 0 amide bonds. The number of rotatable bonds is 4. The molecule has 0 radical (unpaired) electrons. The van der Waals surface area contributed by atoms with Crippen LogP contribution in [0.25, 0.3) is 0 Å². The third-order valence-corrected chi connectivity index (χ3v) is 2.55. The first-order valence-electron chi connectivity index (χ1n) is 4.55. The fraction of sp³-hybridized carbons (Fsp3) is 0.400. The van der Waals surface area contributed by atoms with E-state index in [2.05, 4.69) is 26.2 Å². The van der Waals surface area contributed by atoms with Crippen molar-refractivity contribution in [1.29, 1.82) is 0 Å². The van der Waals surface area contributed by atoms with E-state index in [9.17, 15) is 13.2 Å². The highest BCUT2D eigenvalue weighted by molar-refractivity contribution is 9.10. The maximum atomic E-state index is 11.7. The third-order valence-electron chi connectivity index (χ3n) is 1.81. The fourth-order valence-corrected chi connectivity index (χ4v) is 1.69. The number of nitrogens with one attached hydrogen (secondary N) is 1. The Morgan fingerprint density at radius 3 is 2.62 bits per heavy atom. The van der Waals surface area contributed by atoms with Crippen molar-refractivity contribution in [2.24, 2.45) is 0 Å². The Morgan fingerprint density at radius 2 is 2.06 bits per heavy atom. The number of alkyl halides is 3. The Morgan fingerprint density at radius 1 is 1.38 bits per heavy atom. The molecule has 0 fully saturated rings. The van der Waals surface area contributed by atoms with Crippen LogP contribution in [0.5, 0.6) is 0 Å². The van der Waals surface area contributed by atoms with Gasteiger partial charge >= 0.3 is 6.18 Å². The first kappa shape index (κ1) is 13.5. The summed E-state index contributed by atoms with van der Waals surface area (Å²) in [6.45, 7) is 0.857. The molecule has 1 N–H and O–H groups in total. The lowest BCUT2D eigenvalue weighted by molar-refractivity contribution is -0.190. The van der Waals surface area contributed by atoms with E-state index < -0.39 is 12.8 Å². The van der Waals surface area contributed by atoms with Crippen molar-refractivity contribution in [3.8, 4) is 0 Å². The average Bonchev–Trinajstić information content (AvgIpc) is 2.13. The number of halogens is 4. The van der Waals surface area contributed by atoms with Crippen LogP contribution in [-0.2, 0) is 11.4 Å². The summed E-state index contributed by atoms with van der Waals surface area (Å²) in [6, 6.07) is 5.59. The van der Waals surface area contributed by atoms with Crippen molar-refractivity contribution in [3.05, 3.63) is 33.8 Å². The summed E-state index contributed by atoms with van der Waals surface area (Å²) < 4.78 is 36.1. The highest BCUT2D eigenvalue weighted by Crippen LogP contribution is 2.18. The third kappa shape index (κ3) is 4.96. The van der Waals surface area contributed by atoms with Gasteiger partial charge in [0.2, 0.25) is 0 Å². The van der Waals surface area contributed by atoms with E-state index in [1.807, 2.05) is 25.1 Å². The van der Waals surface area contributed by atoms with Crippen LogP contribution in [-0.4, -0.2) is 12.8 Å². The molecule has 0 saturated carbocycles. The second-order valence-corrected chi connectivity index (χ2v) is 4.17. The van der Waals surface area contributed by atoms with Crippen LogP contribution in [0.2, 0.25) is 0 Å². The molecule has 0 aromatic heterocycles. The van der Waals surface area contributed by atoms with Gasteiger partial charge in [-0.05, 0) is 24.1 Å². The molecule has 1 aromatic rings. The lowest BCUT2D eigenvalue weighted by Gasteiger charge is -2.09. The van der Waals surface area contributed by atoms with Crippen molar-refractivity contribution in [1.82, 2.24) is 5.48 Å². The maximum absolute atomic E-state index is 11.7. The van der Waals surface area contributed by atoms with E-state index in [0.29, 0.717) is 0 Å². The summed E-state index contributed by atoms with van der Waals surface area (Å²) in [5.41, 5.74) is 4.18. The van der Waals surface area contributed by atoms with Crippen LogP contribution in [0.3, 0.4) is 0 Å². The molecule has 0 atom stereocenters. The highest BCUT2D eigenvalue weighted by Gasteiger charge is 2.27. The van der Waals surface area contributed by atoms with Crippen molar-refractivity contribution in [2.75, 3.05) is 6.61 Å². The molecular formula is C10H11BrF3NO. The van der Waals surface area contributed by atoms with Crippen molar-refractivity contribution in [2.45, 2.75) is 19.6 Å². The Labute approximate surface area is 99.9 Å². The van der Waals surface area contributed by atoms with Gasteiger partial charge in [0.25, 0.3) is 0 Å². The van der Waals surface area contributed by atoms with Crippen LogP contribution in [0.4, 0.5) is 13.2 Å². The van der Waals surface area contributed by atoms with Gasteiger partial charge < -0.3 is 0 Å². The molecule has 16 heavy (non-hydrogen) atoms. The zero-order chi connectivity index (χ0) is 12.2. The molecule has 0 aliphatic heterocycles. The van der Waals surface area contributed by atoms with Gasteiger partial charge in [0, 0.05) is 11.0 Å². The van der Waals surface area contributed by atoms with Gasteiger partial charge in [0.15, 0.2) is 6.61 Å². The summed E-state index contributed by atoms with van der Waals surface area (Å²) >= 11 is 3.32. The molecule has 0 aliphatic carbocycles. The predicted octanol–water partition coefficient (Wildman–Crippen LogP) is 3.34. The van der Waals surface area contributed by atoms with Crippen molar-refractivity contribution in [3.63, 3.8) is 0 Å². The maximum Gasteiger partial charge on any atom is 0.413 e. The van der Waals surface area contributed by atoms with Crippen LogP contribution >= 0.6 is 15.9 Å². The van der Waals surface area contributed by atoms with Crippen LogP contribution in [0.1, 0.15) is 11.1 Å². The van der Waals surface area contributed by atoms with E-state index in [4.69, 9.17) is 0 Å². The van der Waals surface area contributed by atoms with Crippen molar-refractivity contribution >= 4 is 15.9 Å². The summed E-state index contributed by atoms with van der Waals surface area (Å²) in [5, 5.41) is 0. The molecule has 2 nitrogen and oxygen atoms in total. The molecule has 0 heterocycles. The SMILES string of the molecule is Cc1ccc(CNOCC(F)(F)F)c(Br)c1. The first-order valence-corrected chi connectivity index (χ1v) is 5.34. The van der Waals surface area contributed by atoms with Gasteiger partial charge in [-0.1, -0.05) is 28.1 Å².